The third kappa shape index (κ3) is 4.39. The molecule has 1 aromatic carbocycles. The molecule has 1 aliphatic rings. The second-order valence-electron chi connectivity index (χ2n) is 5.37. The van der Waals surface area contributed by atoms with Gasteiger partial charge in [-0.25, -0.2) is 0 Å². The van der Waals surface area contributed by atoms with Crippen LogP contribution in [0.1, 0.15) is 12.0 Å². The molecule has 0 aliphatic carbocycles. The molecule has 110 valence electrons. The molecule has 0 saturated carbocycles. The maximum absolute atomic E-state index is 11.7. The van der Waals surface area contributed by atoms with E-state index >= 15 is 0 Å². The number of nitrogens with zero attached hydrogens (tertiary/aromatic N) is 2. The van der Waals surface area contributed by atoms with Crippen LogP contribution in [0.5, 0.6) is 5.75 Å². The quantitative estimate of drug-likeness (QED) is 0.753. The number of likely N-dealkylation sites (tertiary alicyclic amines) is 1. The molecule has 0 bridgehead atoms. The van der Waals surface area contributed by atoms with Gasteiger partial charge in [0.15, 0.2) is 0 Å². The molecule has 2 rings (SSSR count). The van der Waals surface area contributed by atoms with E-state index in [1.807, 2.05) is 38.4 Å². The molecular weight excluding hydrogens is 276 g/mol. The molecule has 1 amide bonds. The van der Waals surface area contributed by atoms with Crippen molar-refractivity contribution >= 4 is 17.5 Å². The van der Waals surface area contributed by atoms with Crippen LogP contribution in [0.4, 0.5) is 0 Å². The van der Waals surface area contributed by atoms with Crippen LogP contribution in [0, 0.1) is 0 Å². The topological polar surface area (TPSA) is 32.8 Å². The van der Waals surface area contributed by atoms with E-state index in [2.05, 4.69) is 4.90 Å². The summed E-state index contributed by atoms with van der Waals surface area (Å²) < 4.78 is 5.64. The lowest BCUT2D eigenvalue weighted by Gasteiger charge is -2.16. The summed E-state index contributed by atoms with van der Waals surface area (Å²) in [6.07, 6.45) is 0.452. The van der Waals surface area contributed by atoms with E-state index in [1.54, 1.807) is 4.90 Å². The van der Waals surface area contributed by atoms with Gasteiger partial charge in [-0.15, -0.1) is 11.6 Å². The minimum atomic E-state index is -0.0452. The monoisotopic (exact) mass is 296 g/mol. The van der Waals surface area contributed by atoms with E-state index in [-0.39, 0.29) is 11.3 Å². The Bertz CT molecular complexity index is 448. The molecule has 0 radical (unpaired) electrons. The highest BCUT2D eigenvalue weighted by Crippen LogP contribution is 2.20. The number of benzene rings is 1. The average Bonchev–Trinajstić information content (AvgIpc) is 2.69. The number of amides is 1. The Hall–Kier alpha value is -1.26. The first-order chi connectivity index (χ1) is 9.54. The first kappa shape index (κ1) is 15.1. The summed E-state index contributed by atoms with van der Waals surface area (Å²) in [5.41, 5.74) is 1.10. The number of ether oxygens (including phenoxy) is 1. The van der Waals surface area contributed by atoms with Crippen molar-refractivity contribution in [3.8, 4) is 5.75 Å². The van der Waals surface area contributed by atoms with Gasteiger partial charge in [0.2, 0.25) is 5.91 Å². The van der Waals surface area contributed by atoms with Crippen LogP contribution in [-0.4, -0.2) is 54.9 Å². The fourth-order valence-electron chi connectivity index (χ4n) is 2.13. The van der Waals surface area contributed by atoms with Gasteiger partial charge in [-0.3, -0.25) is 4.79 Å². The van der Waals surface area contributed by atoms with Gasteiger partial charge in [-0.05, 0) is 31.8 Å². The van der Waals surface area contributed by atoms with Crippen molar-refractivity contribution in [2.24, 2.45) is 0 Å². The lowest BCUT2D eigenvalue weighted by molar-refractivity contribution is -0.128. The fourth-order valence-corrected chi connectivity index (χ4v) is 2.43. The summed E-state index contributed by atoms with van der Waals surface area (Å²) in [7, 11) is 4.04. The molecule has 1 aliphatic heterocycles. The zero-order chi connectivity index (χ0) is 14.5. The maximum Gasteiger partial charge on any atom is 0.224 e. The van der Waals surface area contributed by atoms with Crippen LogP contribution in [0.15, 0.2) is 24.3 Å². The summed E-state index contributed by atoms with van der Waals surface area (Å²) in [6.45, 7) is 2.83. The second kappa shape index (κ2) is 6.95. The SMILES string of the molecule is CN(C)CCOc1ccc(CN2CC(Cl)CC2=O)cc1. The summed E-state index contributed by atoms with van der Waals surface area (Å²) in [4.78, 5) is 15.6. The third-order valence-electron chi connectivity index (χ3n) is 3.27. The molecule has 20 heavy (non-hydrogen) atoms. The number of halogens is 1. The summed E-state index contributed by atoms with van der Waals surface area (Å²) >= 11 is 5.99. The molecule has 1 unspecified atom stereocenters. The Morgan fingerprint density at radius 1 is 1.35 bits per heavy atom. The van der Waals surface area contributed by atoms with Gasteiger partial charge in [0.25, 0.3) is 0 Å². The molecule has 0 N–H and O–H groups in total. The van der Waals surface area contributed by atoms with Crippen LogP contribution >= 0.6 is 11.6 Å². The number of carbonyl (C=O) groups excluding carboxylic acids is 1. The molecule has 0 aromatic heterocycles. The number of alkyl halides is 1. The van der Waals surface area contributed by atoms with Gasteiger partial charge < -0.3 is 14.5 Å². The van der Waals surface area contributed by atoms with Crippen molar-refractivity contribution in [2.45, 2.75) is 18.3 Å². The van der Waals surface area contributed by atoms with Gasteiger partial charge in [0, 0.05) is 26.1 Å². The molecule has 1 heterocycles. The van der Waals surface area contributed by atoms with Gasteiger partial charge in [-0.2, -0.15) is 0 Å². The minimum Gasteiger partial charge on any atom is -0.492 e. The maximum atomic E-state index is 11.7. The Morgan fingerprint density at radius 2 is 2.05 bits per heavy atom. The highest BCUT2D eigenvalue weighted by Gasteiger charge is 2.27. The predicted molar refractivity (Wildman–Crippen MR) is 80.2 cm³/mol. The van der Waals surface area contributed by atoms with E-state index in [0.29, 0.717) is 26.1 Å². The molecule has 4 nitrogen and oxygen atoms in total. The van der Waals surface area contributed by atoms with Crippen molar-refractivity contribution < 1.29 is 9.53 Å². The lowest BCUT2D eigenvalue weighted by Crippen LogP contribution is -2.24. The van der Waals surface area contributed by atoms with Gasteiger partial charge in [0.05, 0.1) is 5.38 Å². The van der Waals surface area contributed by atoms with Gasteiger partial charge in [-0.1, -0.05) is 12.1 Å². The van der Waals surface area contributed by atoms with E-state index in [9.17, 15) is 4.79 Å². The second-order valence-corrected chi connectivity index (χ2v) is 5.99. The summed E-state index contributed by atoms with van der Waals surface area (Å²) in [6, 6.07) is 7.90. The van der Waals surface area contributed by atoms with E-state index in [4.69, 9.17) is 16.3 Å². The minimum absolute atomic E-state index is 0.0452. The average molecular weight is 297 g/mol. The first-order valence-electron chi connectivity index (χ1n) is 6.83. The zero-order valence-corrected chi connectivity index (χ0v) is 12.8. The van der Waals surface area contributed by atoms with E-state index in [1.165, 1.54) is 0 Å². The lowest BCUT2D eigenvalue weighted by atomic mass is 10.2. The molecule has 1 atom stereocenters. The van der Waals surface area contributed by atoms with Crippen LogP contribution in [0.2, 0.25) is 0 Å². The molecular formula is C15H21ClN2O2. The highest BCUT2D eigenvalue weighted by molar-refractivity contribution is 6.22. The Morgan fingerprint density at radius 3 is 2.60 bits per heavy atom. The number of hydrogen-bond donors (Lipinski definition) is 0. The largest absolute Gasteiger partial charge is 0.492 e. The van der Waals surface area contributed by atoms with Crippen molar-refractivity contribution in [1.29, 1.82) is 0 Å². The van der Waals surface area contributed by atoms with E-state index in [0.717, 1.165) is 17.9 Å². The number of rotatable bonds is 6. The first-order valence-corrected chi connectivity index (χ1v) is 7.26. The highest BCUT2D eigenvalue weighted by atomic mass is 35.5. The van der Waals surface area contributed by atoms with Crippen LogP contribution < -0.4 is 4.74 Å². The van der Waals surface area contributed by atoms with Crippen LogP contribution in [0.25, 0.3) is 0 Å². The molecule has 0 spiro atoms. The molecule has 1 aromatic rings. The Balaban J connectivity index is 1.84. The summed E-state index contributed by atoms with van der Waals surface area (Å²) in [5.74, 6) is 0.995. The Kier molecular flexibility index (Phi) is 5.26. The van der Waals surface area contributed by atoms with E-state index < -0.39 is 0 Å². The molecule has 1 saturated heterocycles. The predicted octanol–water partition coefficient (Wildman–Crippen LogP) is 1.97. The van der Waals surface area contributed by atoms with Gasteiger partial charge in [0.1, 0.15) is 12.4 Å². The normalized spacial score (nSPS) is 18.9. The summed E-state index contributed by atoms with van der Waals surface area (Å²) in [5, 5.41) is -0.0452. The van der Waals surface area contributed by atoms with Crippen LogP contribution in [0.3, 0.4) is 0 Å². The number of hydrogen-bond acceptors (Lipinski definition) is 3. The smallest absolute Gasteiger partial charge is 0.224 e. The van der Waals surface area contributed by atoms with Crippen molar-refractivity contribution in [1.82, 2.24) is 9.80 Å². The number of likely N-dealkylation sites (N-methyl/N-ethyl adjacent to an activating group) is 1. The third-order valence-corrected chi connectivity index (χ3v) is 3.56. The fraction of sp³-hybridized carbons (Fsp3) is 0.533. The zero-order valence-electron chi connectivity index (χ0n) is 12.0. The van der Waals surface area contributed by atoms with Crippen LogP contribution in [-0.2, 0) is 11.3 Å². The van der Waals surface area contributed by atoms with Crippen molar-refractivity contribution in [2.75, 3.05) is 33.8 Å². The molecule has 1 fully saturated rings. The van der Waals surface area contributed by atoms with Crippen molar-refractivity contribution in [3.63, 3.8) is 0 Å². The standard InChI is InChI=1S/C15H21ClN2O2/c1-17(2)7-8-20-14-5-3-12(4-6-14)10-18-11-13(16)9-15(18)19/h3-6,13H,7-11H2,1-2H3. The number of carbonyl (C=O) groups is 1. The van der Waals surface area contributed by atoms with Gasteiger partial charge >= 0.3 is 0 Å². The Labute approximate surface area is 125 Å². The van der Waals surface area contributed by atoms with Crippen molar-refractivity contribution in [3.05, 3.63) is 29.8 Å². The molecule has 5 heteroatoms.